The summed E-state index contributed by atoms with van der Waals surface area (Å²) < 4.78 is 27.1. The van der Waals surface area contributed by atoms with Gasteiger partial charge in [-0.1, -0.05) is 12.1 Å². The molecule has 7 N–H and O–H groups in total. The Hall–Kier alpha value is -5.28. The third-order valence-corrected chi connectivity index (χ3v) is 6.98. The second-order valence-electron chi connectivity index (χ2n) is 10.00. The summed E-state index contributed by atoms with van der Waals surface area (Å²) in [5.74, 6) is -2.91. The molecule has 4 aromatic rings. The lowest BCUT2D eigenvalue weighted by molar-refractivity contribution is -0.278. The Morgan fingerprint density at radius 1 is 0.911 bits per heavy atom. The van der Waals surface area contributed by atoms with E-state index in [-0.39, 0.29) is 45.3 Å². The van der Waals surface area contributed by atoms with E-state index < -0.39 is 60.2 Å². The molecule has 1 aliphatic heterocycles. The van der Waals surface area contributed by atoms with Gasteiger partial charge in [-0.25, -0.2) is 4.79 Å². The third kappa shape index (κ3) is 6.49. The van der Waals surface area contributed by atoms with Crippen LogP contribution in [0.3, 0.4) is 0 Å². The van der Waals surface area contributed by atoms with Crippen molar-refractivity contribution >= 4 is 23.0 Å². The Bertz CT molecular complexity index is 1800. The molecule has 0 saturated carbocycles. The molecular weight excluding hydrogens is 596 g/mol. The predicted octanol–water partition coefficient (Wildman–Crippen LogP) is 1.73. The molecule has 1 aromatic heterocycles. The average molecular weight is 625 g/mol. The van der Waals surface area contributed by atoms with E-state index in [1.54, 1.807) is 12.1 Å². The average Bonchev–Trinajstić information content (AvgIpc) is 3.02. The first-order chi connectivity index (χ1) is 21.5. The highest BCUT2D eigenvalue weighted by Gasteiger charge is 2.45. The number of hydrogen-bond donors (Lipinski definition) is 7. The lowest BCUT2D eigenvalue weighted by atomic mass is 9.99. The molecule has 236 valence electrons. The molecule has 1 saturated heterocycles. The number of benzene rings is 3. The van der Waals surface area contributed by atoms with Crippen molar-refractivity contribution in [2.45, 2.75) is 30.7 Å². The van der Waals surface area contributed by atoms with Crippen LogP contribution in [0.2, 0.25) is 0 Å². The molecule has 0 radical (unpaired) electrons. The number of hydrogen-bond acceptors (Lipinski definition) is 14. The van der Waals surface area contributed by atoms with Gasteiger partial charge in [0.15, 0.2) is 17.3 Å². The molecule has 1 fully saturated rings. The topological polar surface area (TPSA) is 226 Å². The first-order valence-corrected chi connectivity index (χ1v) is 13.4. The van der Waals surface area contributed by atoms with Gasteiger partial charge in [0, 0.05) is 23.8 Å². The lowest BCUT2D eigenvalue weighted by Crippen LogP contribution is -2.60. The van der Waals surface area contributed by atoms with Crippen LogP contribution in [0, 0.1) is 0 Å². The monoisotopic (exact) mass is 624 g/mol. The van der Waals surface area contributed by atoms with Gasteiger partial charge < -0.3 is 59.1 Å². The first-order valence-electron chi connectivity index (χ1n) is 13.4. The Morgan fingerprint density at radius 2 is 1.64 bits per heavy atom. The molecule has 0 bridgehead atoms. The van der Waals surface area contributed by atoms with Crippen LogP contribution in [-0.4, -0.2) is 86.1 Å². The molecular formula is C31H28O14. The molecule has 2 heterocycles. The van der Waals surface area contributed by atoms with Gasteiger partial charge in [-0.3, -0.25) is 4.79 Å². The number of phenols is 3. The van der Waals surface area contributed by atoms with Gasteiger partial charge in [0.2, 0.25) is 17.5 Å². The number of rotatable bonds is 8. The molecule has 0 spiro atoms. The number of aliphatic hydroxyl groups is 3. The van der Waals surface area contributed by atoms with E-state index in [1.807, 2.05) is 0 Å². The van der Waals surface area contributed by atoms with Crippen molar-refractivity contribution in [3.63, 3.8) is 0 Å². The molecule has 3 aromatic carbocycles. The second kappa shape index (κ2) is 12.8. The molecule has 45 heavy (non-hydrogen) atoms. The van der Waals surface area contributed by atoms with Crippen molar-refractivity contribution in [3.8, 4) is 45.8 Å². The van der Waals surface area contributed by atoms with Crippen molar-refractivity contribution in [3.05, 3.63) is 76.5 Å². The van der Waals surface area contributed by atoms with E-state index in [1.165, 1.54) is 43.5 Å². The van der Waals surface area contributed by atoms with Gasteiger partial charge in [-0.05, 0) is 42.0 Å². The molecule has 0 unspecified atom stereocenters. The Labute approximate surface area is 253 Å². The molecule has 1 aliphatic rings. The van der Waals surface area contributed by atoms with Gasteiger partial charge in [-0.15, -0.1) is 0 Å². The summed E-state index contributed by atoms with van der Waals surface area (Å²) in [6.45, 7) is -0.542. The van der Waals surface area contributed by atoms with Crippen LogP contribution in [0.1, 0.15) is 5.56 Å². The van der Waals surface area contributed by atoms with Gasteiger partial charge in [0.25, 0.3) is 0 Å². The molecule has 5 atom stereocenters. The second-order valence-corrected chi connectivity index (χ2v) is 10.00. The maximum Gasteiger partial charge on any atom is 0.330 e. The fourth-order valence-corrected chi connectivity index (χ4v) is 4.60. The number of carbonyl (C=O) groups excluding carboxylic acids is 1. The van der Waals surface area contributed by atoms with Crippen LogP contribution in [-0.2, 0) is 14.3 Å². The SMILES string of the molecule is COc1cc(-c2oc3cc(O[C@@H]4O[C@H](COC(=O)C=Cc5ccc(O)cc5)[C@@H](O)[C@H](O)[C@H]4O)cc(O)c3c(=O)c2O)ccc1O. The zero-order chi connectivity index (χ0) is 32.4. The molecule has 5 rings (SSSR count). The molecule has 0 aliphatic carbocycles. The minimum Gasteiger partial charge on any atom is -0.508 e. The largest absolute Gasteiger partial charge is 0.508 e. The Kier molecular flexibility index (Phi) is 8.83. The van der Waals surface area contributed by atoms with Crippen molar-refractivity contribution in [2.24, 2.45) is 0 Å². The van der Waals surface area contributed by atoms with Gasteiger partial charge in [-0.2, -0.15) is 0 Å². The van der Waals surface area contributed by atoms with E-state index in [0.717, 1.165) is 18.2 Å². The maximum absolute atomic E-state index is 12.9. The van der Waals surface area contributed by atoms with Crippen molar-refractivity contribution in [1.29, 1.82) is 0 Å². The summed E-state index contributed by atoms with van der Waals surface area (Å²) >= 11 is 0. The smallest absolute Gasteiger partial charge is 0.330 e. The van der Waals surface area contributed by atoms with Gasteiger partial charge in [0.05, 0.1) is 7.11 Å². The normalized spacial score (nSPS) is 21.6. The van der Waals surface area contributed by atoms with Gasteiger partial charge in [0.1, 0.15) is 59.2 Å². The summed E-state index contributed by atoms with van der Waals surface area (Å²) in [5, 5.41) is 71.3. The fraction of sp³-hybridized carbons (Fsp3) is 0.226. The van der Waals surface area contributed by atoms with E-state index in [2.05, 4.69) is 0 Å². The lowest BCUT2D eigenvalue weighted by Gasteiger charge is -2.39. The molecule has 14 nitrogen and oxygen atoms in total. The van der Waals surface area contributed by atoms with Crippen LogP contribution in [0.15, 0.2) is 69.9 Å². The van der Waals surface area contributed by atoms with Crippen molar-refractivity contribution in [1.82, 2.24) is 0 Å². The van der Waals surface area contributed by atoms with E-state index in [9.17, 15) is 45.3 Å². The highest BCUT2D eigenvalue weighted by Crippen LogP contribution is 2.38. The minimum atomic E-state index is -1.80. The summed E-state index contributed by atoms with van der Waals surface area (Å²) in [6.07, 6.45) is -5.73. The number of phenolic OH excluding ortho intramolecular Hbond substituents is 3. The Morgan fingerprint density at radius 3 is 2.36 bits per heavy atom. The van der Waals surface area contributed by atoms with Crippen LogP contribution in [0.5, 0.6) is 34.5 Å². The highest BCUT2D eigenvalue weighted by molar-refractivity contribution is 5.88. The minimum absolute atomic E-state index is 0.0346. The maximum atomic E-state index is 12.9. The standard InChI is InChI=1S/C31H28O14/c1-41-20-10-15(5-8-18(20)33)30-28(39)26(37)24-19(34)11-17(12-21(24)44-30)43-31-29(40)27(38)25(36)22(45-31)13-42-23(35)9-4-14-2-6-16(32)7-3-14/h2-12,22,25,27,29,31-34,36,38-40H,13H2,1H3/t22-,25-,27+,29-,31-/m1/s1. The zero-order valence-electron chi connectivity index (χ0n) is 23.4. The van der Waals surface area contributed by atoms with Crippen molar-refractivity contribution in [2.75, 3.05) is 13.7 Å². The van der Waals surface area contributed by atoms with Crippen LogP contribution < -0.4 is 14.9 Å². The number of ether oxygens (including phenoxy) is 4. The third-order valence-electron chi connectivity index (χ3n) is 6.98. The molecule has 14 heteroatoms. The fourth-order valence-electron chi connectivity index (χ4n) is 4.60. The van der Waals surface area contributed by atoms with E-state index >= 15 is 0 Å². The van der Waals surface area contributed by atoms with E-state index in [4.69, 9.17) is 23.4 Å². The van der Waals surface area contributed by atoms with Crippen LogP contribution >= 0.6 is 0 Å². The van der Waals surface area contributed by atoms with Gasteiger partial charge >= 0.3 is 5.97 Å². The van der Waals surface area contributed by atoms with Crippen molar-refractivity contribution < 1.29 is 63.9 Å². The summed E-state index contributed by atoms with van der Waals surface area (Å²) in [6, 6.07) is 12.1. The summed E-state index contributed by atoms with van der Waals surface area (Å²) in [7, 11) is 1.31. The number of esters is 1. The summed E-state index contributed by atoms with van der Waals surface area (Å²) in [5.41, 5.74) is -0.460. The summed E-state index contributed by atoms with van der Waals surface area (Å²) in [4.78, 5) is 25.1. The number of aliphatic hydroxyl groups excluding tert-OH is 3. The number of methoxy groups -OCH3 is 1. The molecule has 0 amide bonds. The van der Waals surface area contributed by atoms with Crippen LogP contribution in [0.4, 0.5) is 0 Å². The number of carbonyl (C=O) groups is 1. The van der Waals surface area contributed by atoms with Crippen LogP contribution in [0.25, 0.3) is 28.4 Å². The highest BCUT2D eigenvalue weighted by atomic mass is 16.7. The number of fused-ring (bicyclic) bond motifs is 1. The zero-order valence-corrected chi connectivity index (χ0v) is 23.4. The predicted molar refractivity (Wildman–Crippen MR) is 155 cm³/mol. The number of aromatic hydroxyl groups is 4. The Balaban J connectivity index is 1.36. The van der Waals surface area contributed by atoms with E-state index in [0.29, 0.717) is 5.56 Å². The first kappa shape index (κ1) is 31.2. The quantitative estimate of drug-likeness (QED) is 0.110.